The molecule has 0 spiro atoms. The molecule has 0 saturated heterocycles. The predicted octanol–water partition coefficient (Wildman–Crippen LogP) is 4.02. The molecule has 7 heteroatoms. The zero-order valence-corrected chi connectivity index (χ0v) is 15.6. The van der Waals surface area contributed by atoms with Gasteiger partial charge in [-0.1, -0.05) is 52.0 Å². The molecular weight excluding hydrogens is 368 g/mol. The van der Waals surface area contributed by atoms with E-state index in [2.05, 4.69) is 56.6 Å². The Balaban J connectivity index is 2.14. The summed E-state index contributed by atoms with van der Waals surface area (Å²) in [7, 11) is 3.96. The molecule has 0 aliphatic heterocycles. The lowest BCUT2D eigenvalue weighted by molar-refractivity contribution is 0.669. The average molecular weight is 387 g/mol. The second kappa shape index (κ2) is 8.12. The molecule has 0 unspecified atom stereocenters. The highest BCUT2D eigenvalue weighted by Gasteiger charge is 2.11. The summed E-state index contributed by atoms with van der Waals surface area (Å²) < 4.78 is 2.05. The Hall–Kier alpha value is -0.630. The normalized spacial score (nSPS) is 10.9. The first-order chi connectivity index (χ1) is 10.1. The van der Waals surface area contributed by atoms with Crippen LogP contribution < -0.4 is 10.2 Å². The van der Waals surface area contributed by atoms with Gasteiger partial charge >= 0.3 is 0 Å². The largest absolute Gasteiger partial charge is 0.353 e. The number of hydrogen-bond donors (Lipinski definition) is 1. The van der Waals surface area contributed by atoms with Crippen LogP contribution in [0.15, 0.2) is 31.9 Å². The van der Waals surface area contributed by atoms with E-state index < -0.39 is 0 Å². The third kappa shape index (κ3) is 4.95. The van der Waals surface area contributed by atoms with Gasteiger partial charge in [-0.05, 0) is 30.7 Å². The molecule has 1 heterocycles. The van der Waals surface area contributed by atoms with E-state index in [1.165, 1.54) is 10.5 Å². The first-order valence-corrected chi connectivity index (χ1v) is 9.20. The van der Waals surface area contributed by atoms with Crippen molar-refractivity contribution in [3.8, 4) is 0 Å². The zero-order chi connectivity index (χ0) is 15.2. The van der Waals surface area contributed by atoms with Crippen molar-refractivity contribution in [2.45, 2.75) is 29.1 Å². The van der Waals surface area contributed by atoms with E-state index in [9.17, 15) is 0 Å². The van der Waals surface area contributed by atoms with E-state index in [0.29, 0.717) is 0 Å². The third-order valence-corrected chi connectivity index (χ3v) is 5.48. The molecule has 1 N–H and O–H groups in total. The molecular formula is C14H19BrN4S2. The Morgan fingerprint density at radius 1 is 1.33 bits per heavy atom. The van der Waals surface area contributed by atoms with E-state index in [-0.39, 0.29) is 0 Å². The summed E-state index contributed by atoms with van der Waals surface area (Å²) in [5, 5.41) is 12.8. The van der Waals surface area contributed by atoms with Crippen molar-refractivity contribution in [2.75, 3.05) is 25.5 Å². The fourth-order valence-corrected chi connectivity index (χ4v) is 4.09. The van der Waals surface area contributed by atoms with Crippen molar-refractivity contribution >= 4 is 44.2 Å². The molecule has 0 aliphatic carbocycles. The maximum absolute atomic E-state index is 4.25. The SMILES string of the molecule is CCCNCc1ccc(Br)cc1Sc1nnc(N(C)C)s1. The van der Waals surface area contributed by atoms with Crippen LogP contribution in [-0.4, -0.2) is 30.8 Å². The summed E-state index contributed by atoms with van der Waals surface area (Å²) in [5.41, 5.74) is 1.29. The molecule has 0 fully saturated rings. The van der Waals surface area contributed by atoms with Gasteiger partial charge in [0.05, 0.1) is 0 Å². The molecule has 0 bridgehead atoms. The maximum Gasteiger partial charge on any atom is 0.208 e. The molecule has 2 aromatic rings. The summed E-state index contributed by atoms with van der Waals surface area (Å²) >= 11 is 6.83. The minimum Gasteiger partial charge on any atom is -0.353 e. The van der Waals surface area contributed by atoms with Crippen LogP contribution in [0.2, 0.25) is 0 Å². The first-order valence-electron chi connectivity index (χ1n) is 6.78. The summed E-state index contributed by atoms with van der Waals surface area (Å²) in [4.78, 5) is 3.20. The summed E-state index contributed by atoms with van der Waals surface area (Å²) in [5.74, 6) is 0. The van der Waals surface area contributed by atoms with Crippen LogP contribution in [0.4, 0.5) is 5.13 Å². The average Bonchev–Trinajstić information content (AvgIpc) is 2.90. The lowest BCUT2D eigenvalue weighted by Crippen LogP contribution is -2.14. The molecule has 21 heavy (non-hydrogen) atoms. The number of rotatable bonds is 7. The standard InChI is InChI=1S/C14H19BrN4S2/c1-4-7-16-9-10-5-6-11(15)8-12(10)20-14-18-17-13(21-14)19(2)3/h5-6,8,16H,4,7,9H2,1-3H3. The van der Waals surface area contributed by atoms with E-state index in [0.717, 1.165) is 33.5 Å². The lowest BCUT2D eigenvalue weighted by Gasteiger charge is -2.09. The van der Waals surface area contributed by atoms with Crippen molar-refractivity contribution in [3.63, 3.8) is 0 Å². The zero-order valence-electron chi connectivity index (χ0n) is 12.4. The molecule has 114 valence electrons. The number of benzene rings is 1. The van der Waals surface area contributed by atoms with Gasteiger partial charge in [-0.2, -0.15) is 0 Å². The van der Waals surface area contributed by atoms with Crippen LogP contribution in [0.5, 0.6) is 0 Å². The number of aromatic nitrogens is 2. The van der Waals surface area contributed by atoms with Gasteiger partial charge in [-0.25, -0.2) is 0 Å². The Bertz CT molecular complexity index is 586. The van der Waals surface area contributed by atoms with Gasteiger partial charge in [-0.3, -0.25) is 0 Å². The van der Waals surface area contributed by atoms with Gasteiger partial charge in [0.15, 0.2) is 4.34 Å². The monoisotopic (exact) mass is 386 g/mol. The van der Waals surface area contributed by atoms with Crippen LogP contribution in [0.1, 0.15) is 18.9 Å². The van der Waals surface area contributed by atoms with Crippen LogP contribution in [-0.2, 0) is 6.54 Å². The van der Waals surface area contributed by atoms with Gasteiger partial charge < -0.3 is 10.2 Å². The minimum atomic E-state index is 0.878. The quantitative estimate of drug-likeness (QED) is 0.727. The van der Waals surface area contributed by atoms with Crippen LogP contribution in [0, 0.1) is 0 Å². The second-order valence-electron chi connectivity index (χ2n) is 4.78. The van der Waals surface area contributed by atoms with Gasteiger partial charge in [0.2, 0.25) is 5.13 Å². The highest BCUT2D eigenvalue weighted by molar-refractivity contribution is 9.10. The van der Waals surface area contributed by atoms with Crippen molar-refractivity contribution in [1.29, 1.82) is 0 Å². The van der Waals surface area contributed by atoms with Crippen LogP contribution in [0.25, 0.3) is 0 Å². The molecule has 0 radical (unpaired) electrons. The lowest BCUT2D eigenvalue weighted by atomic mass is 10.2. The van der Waals surface area contributed by atoms with E-state index in [1.54, 1.807) is 23.1 Å². The summed E-state index contributed by atoms with van der Waals surface area (Å²) in [6.45, 7) is 4.08. The number of anilines is 1. The van der Waals surface area contributed by atoms with Gasteiger partial charge in [0, 0.05) is 30.0 Å². The van der Waals surface area contributed by atoms with Crippen molar-refractivity contribution in [2.24, 2.45) is 0 Å². The predicted molar refractivity (Wildman–Crippen MR) is 94.5 cm³/mol. The van der Waals surface area contributed by atoms with Crippen molar-refractivity contribution in [3.05, 3.63) is 28.2 Å². The third-order valence-electron chi connectivity index (χ3n) is 2.75. The maximum atomic E-state index is 4.25. The molecule has 1 aromatic carbocycles. The van der Waals surface area contributed by atoms with E-state index in [1.807, 2.05) is 19.0 Å². The molecule has 0 aliphatic rings. The Morgan fingerprint density at radius 2 is 2.14 bits per heavy atom. The van der Waals surface area contributed by atoms with Crippen molar-refractivity contribution < 1.29 is 0 Å². The molecule has 0 amide bonds. The topological polar surface area (TPSA) is 41.1 Å². The minimum absolute atomic E-state index is 0.878. The van der Waals surface area contributed by atoms with E-state index >= 15 is 0 Å². The molecule has 2 rings (SSSR count). The number of nitrogens with zero attached hydrogens (tertiary/aromatic N) is 3. The van der Waals surface area contributed by atoms with Gasteiger partial charge in [-0.15, -0.1) is 10.2 Å². The number of halogens is 1. The second-order valence-corrected chi connectivity index (χ2v) is 7.94. The highest BCUT2D eigenvalue weighted by atomic mass is 79.9. The van der Waals surface area contributed by atoms with Crippen LogP contribution >= 0.6 is 39.0 Å². The van der Waals surface area contributed by atoms with Gasteiger partial charge in [0.1, 0.15) is 0 Å². The van der Waals surface area contributed by atoms with E-state index in [4.69, 9.17) is 0 Å². The van der Waals surface area contributed by atoms with Gasteiger partial charge in [0.25, 0.3) is 0 Å². The fraction of sp³-hybridized carbons (Fsp3) is 0.429. The number of hydrogen-bond acceptors (Lipinski definition) is 6. The Morgan fingerprint density at radius 3 is 2.81 bits per heavy atom. The fourth-order valence-electron chi connectivity index (χ4n) is 1.69. The smallest absolute Gasteiger partial charge is 0.208 e. The molecule has 1 aromatic heterocycles. The van der Waals surface area contributed by atoms with Crippen LogP contribution in [0.3, 0.4) is 0 Å². The summed E-state index contributed by atoms with van der Waals surface area (Å²) in [6, 6.07) is 6.38. The highest BCUT2D eigenvalue weighted by Crippen LogP contribution is 2.35. The Labute approximate surface area is 142 Å². The first kappa shape index (κ1) is 16.7. The Kier molecular flexibility index (Phi) is 6.47. The molecule has 0 atom stereocenters. The van der Waals surface area contributed by atoms with Crippen molar-refractivity contribution in [1.82, 2.24) is 15.5 Å². The number of nitrogens with one attached hydrogen (secondary N) is 1. The molecule has 0 saturated carbocycles. The summed E-state index contributed by atoms with van der Waals surface area (Å²) in [6.07, 6.45) is 1.14. The molecule has 4 nitrogen and oxygen atoms in total.